The number of allylic oxidation sites excluding steroid dienone is 2. The zero-order valence-electron chi connectivity index (χ0n) is 10.7. The number of hydrogen-bond acceptors (Lipinski definition) is 2. The molecule has 1 aromatic rings. The van der Waals surface area contributed by atoms with Gasteiger partial charge >= 0.3 is 0 Å². The highest BCUT2D eigenvalue weighted by Crippen LogP contribution is 2.52. The van der Waals surface area contributed by atoms with Gasteiger partial charge in [0.25, 0.3) is 0 Å². The summed E-state index contributed by atoms with van der Waals surface area (Å²) in [5.41, 5.74) is 2.65. The van der Waals surface area contributed by atoms with E-state index in [2.05, 4.69) is 26.8 Å². The van der Waals surface area contributed by atoms with Crippen molar-refractivity contribution in [2.24, 2.45) is 11.3 Å². The van der Waals surface area contributed by atoms with Gasteiger partial charge in [0.15, 0.2) is 0 Å². The summed E-state index contributed by atoms with van der Waals surface area (Å²) in [6.07, 6.45) is 5.60. The monoisotopic (exact) mass is 232 g/mol. The zero-order valence-corrected chi connectivity index (χ0v) is 10.7. The average Bonchev–Trinajstić information content (AvgIpc) is 2.69. The molecule has 3 aliphatic carbocycles. The molecule has 17 heavy (non-hydrogen) atoms. The molecule has 0 unspecified atom stereocenters. The third-order valence-corrected chi connectivity index (χ3v) is 4.58. The Bertz CT molecular complexity index is 467. The molecule has 0 radical (unpaired) electrons. The van der Waals surface area contributed by atoms with Gasteiger partial charge in [-0.25, -0.2) is 0 Å². The second-order valence-electron chi connectivity index (χ2n) is 6.25. The molecular weight excluding hydrogens is 212 g/mol. The summed E-state index contributed by atoms with van der Waals surface area (Å²) in [4.78, 5) is 0. The summed E-state index contributed by atoms with van der Waals surface area (Å²) >= 11 is 0. The van der Waals surface area contributed by atoms with Crippen molar-refractivity contribution in [2.75, 3.05) is 0 Å². The lowest BCUT2D eigenvalue weighted by molar-refractivity contribution is 0.0851. The first-order valence-electron chi connectivity index (χ1n) is 6.43. The van der Waals surface area contributed by atoms with Crippen molar-refractivity contribution >= 4 is 0 Å². The quantitative estimate of drug-likeness (QED) is 0.690. The summed E-state index contributed by atoms with van der Waals surface area (Å²) < 4.78 is 5.63. The molecule has 4 rings (SSSR count). The van der Waals surface area contributed by atoms with E-state index < -0.39 is 0 Å². The molecule has 0 amide bonds. The molecule has 0 saturated heterocycles. The SMILES string of the molecule is CC1=C[C@@H]2CC(C)(C)[C@H]1C[C@H](O)c1ccoc12. The van der Waals surface area contributed by atoms with Gasteiger partial charge in [0.2, 0.25) is 0 Å². The largest absolute Gasteiger partial charge is 0.468 e. The Morgan fingerprint density at radius 3 is 2.88 bits per heavy atom. The van der Waals surface area contributed by atoms with Crippen LogP contribution in [-0.4, -0.2) is 5.11 Å². The van der Waals surface area contributed by atoms with E-state index in [1.54, 1.807) is 6.26 Å². The van der Waals surface area contributed by atoms with Gasteiger partial charge in [-0.2, -0.15) is 0 Å². The third kappa shape index (κ3) is 1.58. The van der Waals surface area contributed by atoms with Crippen molar-refractivity contribution in [1.82, 2.24) is 0 Å². The van der Waals surface area contributed by atoms with Crippen LogP contribution in [0, 0.1) is 11.3 Å². The summed E-state index contributed by atoms with van der Waals surface area (Å²) in [5.74, 6) is 1.79. The van der Waals surface area contributed by atoms with E-state index in [1.807, 2.05) is 6.07 Å². The van der Waals surface area contributed by atoms with Gasteiger partial charge < -0.3 is 9.52 Å². The lowest BCUT2D eigenvalue weighted by Gasteiger charge is -2.44. The van der Waals surface area contributed by atoms with Gasteiger partial charge in [0.05, 0.1) is 12.4 Å². The molecule has 1 N–H and O–H groups in total. The Morgan fingerprint density at radius 2 is 2.18 bits per heavy atom. The third-order valence-electron chi connectivity index (χ3n) is 4.58. The van der Waals surface area contributed by atoms with Gasteiger partial charge in [-0.1, -0.05) is 25.5 Å². The molecule has 0 aromatic carbocycles. The van der Waals surface area contributed by atoms with Crippen molar-refractivity contribution in [3.05, 3.63) is 35.3 Å². The van der Waals surface area contributed by atoms with Gasteiger partial charge in [-0.15, -0.1) is 0 Å². The van der Waals surface area contributed by atoms with Crippen LogP contribution in [0.15, 0.2) is 28.4 Å². The average molecular weight is 232 g/mol. The van der Waals surface area contributed by atoms with Crippen LogP contribution < -0.4 is 0 Å². The molecule has 0 spiro atoms. The first kappa shape index (κ1) is 11.1. The van der Waals surface area contributed by atoms with Crippen molar-refractivity contribution in [2.45, 2.75) is 45.6 Å². The fraction of sp³-hybridized carbons (Fsp3) is 0.600. The van der Waals surface area contributed by atoms with Crippen molar-refractivity contribution in [1.29, 1.82) is 0 Å². The second-order valence-corrected chi connectivity index (χ2v) is 6.25. The molecule has 0 aliphatic heterocycles. The van der Waals surface area contributed by atoms with Crippen molar-refractivity contribution in [3.63, 3.8) is 0 Å². The van der Waals surface area contributed by atoms with Crippen LogP contribution in [0.4, 0.5) is 0 Å². The zero-order chi connectivity index (χ0) is 12.2. The van der Waals surface area contributed by atoms with Crippen molar-refractivity contribution < 1.29 is 9.52 Å². The highest BCUT2D eigenvalue weighted by Gasteiger charge is 2.42. The lowest BCUT2D eigenvalue weighted by atomic mass is 9.61. The van der Waals surface area contributed by atoms with Crippen LogP contribution in [0.1, 0.15) is 57.0 Å². The van der Waals surface area contributed by atoms with Gasteiger partial charge in [0, 0.05) is 11.5 Å². The summed E-state index contributed by atoms with van der Waals surface area (Å²) in [7, 11) is 0. The van der Waals surface area contributed by atoms with Crippen LogP contribution in [0.3, 0.4) is 0 Å². The van der Waals surface area contributed by atoms with Gasteiger partial charge in [-0.3, -0.25) is 0 Å². The number of aliphatic hydroxyl groups excluding tert-OH is 1. The first-order valence-corrected chi connectivity index (χ1v) is 6.43. The minimum Gasteiger partial charge on any atom is -0.468 e. The van der Waals surface area contributed by atoms with Crippen LogP contribution in [0.25, 0.3) is 0 Å². The Kier molecular flexibility index (Phi) is 2.27. The highest BCUT2D eigenvalue weighted by molar-refractivity contribution is 5.33. The Balaban J connectivity index is 2.16. The van der Waals surface area contributed by atoms with E-state index in [-0.39, 0.29) is 11.5 Å². The molecule has 2 heteroatoms. The Morgan fingerprint density at radius 1 is 1.41 bits per heavy atom. The normalized spacial score (nSPS) is 34.8. The van der Waals surface area contributed by atoms with E-state index in [4.69, 9.17) is 4.42 Å². The summed E-state index contributed by atoms with van der Waals surface area (Å²) in [5, 5.41) is 10.3. The van der Waals surface area contributed by atoms with Crippen molar-refractivity contribution in [3.8, 4) is 0 Å². The minimum atomic E-state index is -0.375. The van der Waals surface area contributed by atoms with Gasteiger partial charge in [0.1, 0.15) is 5.76 Å². The van der Waals surface area contributed by atoms with Crippen LogP contribution in [0.5, 0.6) is 0 Å². The van der Waals surface area contributed by atoms with E-state index in [0.29, 0.717) is 11.8 Å². The maximum atomic E-state index is 10.3. The first-order chi connectivity index (χ1) is 7.99. The fourth-order valence-corrected chi connectivity index (χ4v) is 3.75. The van der Waals surface area contributed by atoms with E-state index in [9.17, 15) is 5.11 Å². The lowest BCUT2D eigenvalue weighted by Crippen LogP contribution is -2.34. The second kappa shape index (κ2) is 3.49. The standard InChI is InChI=1S/C15H20O2/c1-9-6-10-8-15(2,3)12(9)7-13(16)11-4-5-17-14(10)11/h4-6,10,12-13,16H,7-8H2,1-3H3/t10-,12+,13+/m1/s1. The number of furan rings is 1. The number of rotatable bonds is 0. The molecule has 1 aromatic heterocycles. The van der Waals surface area contributed by atoms with Crippen LogP contribution in [-0.2, 0) is 0 Å². The van der Waals surface area contributed by atoms with Gasteiger partial charge in [-0.05, 0) is 37.2 Å². The van der Waals surface area contributed by atoms with E-state index in [0.717, 1.165) is 24.2 Å². The molecule has 2 nitrogen and oxygen atoms in total. The molecular formula is C15H20O2. The van der Waals surface area contributed by atoms with E-state index in [1.165, 1.54) is 5.57 Å². The Hall–Kier alpha value is -1.02. The van der Waals surface area contributed by atoms with Crippen LogP contribution in [0.2, 0.25) is 0 Å². The molecule has 0 fully saturated rings. The minimum absolute atomic E-state index is 0.245. The molecule has 2 bridgehead atoms. The molecule has 0 saturated carbocycles. The van der Waals surface area contributed by atoms with Crippen LogP contribution >= 0.6 is 0 Å². The van der Waals surface area contributed by atoms with E-state index >= 15 is 0 Å². The number of fused-ring (bicyclic) bond motifs is 2. The topological polar surface area (TPSA) is 33.4 Å². The Labute approximate surface area is 102 Å². The summed E-state index contributed by atoms with van der Waals surface area (Å²) in [6, 6.07) is 1.93. The fourth-order valence-electron chi connectivity index (χ4n) is 3.75. The molecule has 3 aliphatic rings. The maximum Gasteiger partial charge on any atom is 0.116 e. The number of aliphatic hydroxyl groups is 1. The molecule has 1 heterocycles. The number of hydrogen-bond donors (Lipinski definition) is 1. The highest BCUT2D eigenvalue weighted by atomic mass is 16.3. The molecule has 3 atom stereocenters. The predicted octanol–water partition coefficient (Wildman–Crippen LogP) is 3.79. The molecule has 92 valence electrons. The predicted molar refractivity (Wildman–Crippen MR) is 66.7 cm³/mol. The maximum absolute atomic E-state index is 10.3. The summed E-state index contributed by atoms with van der Waals surface area (Å²) in [6.45, 7) is 6.81. The smallest absolute Gasteiger partial charge is 0.116 e.